The van der Waals surface area contributed by atoms with Crippen molar-refractivity contribution in [3.8, 4) is 0 Å². The predicted octanol–water partition coefficient (Wildman–Crippen LogP) is 0.642. The summed E-state index contributed by atoms with van der Waals surface area (Å²) < 4.78 is 5.29. The number of nitrogens with zero attached hydrogens (tertiary/aromatic N) is 1. The molecule has 1 aliphatic carbocycles. The first-order chi connectivity index (χ1) is 4.86. The van der Waals surface area contributed by atoms with E-state index in [1.807, 2.05) is 0 Å². The van der Waals surface area contributed by atoms with Gasteiger partial charge in [-0.25, -0.2) is 4.99 Å². The highest BCUT2D eigenvalue weighted by molar-refractivity contribution is 5.73. The Morgan fingerprint density at radius 1 is 1.40 bits per heavy atom. The molecular formula is C7H12N2O. The normalized spacial score (nSPS) is 38.2. The SMILES string of the molecule is NC1=NC2CCCCC2O1. The van der Waals surface area contributed by atoms with Crippen LogP contribution in [0.25, 0.3) is 0 Å². The van der Waals surface area contributed by atoms with Crippen molar-refractivity contribution in [2.24, 2.45) is 10.7 Å². The Hall–Kier alpha value is -0.730. The molecule has 2 N–H and O–H groups in total. The standard InChI is InChI=1S/C7H12N2O/c8-7-9-5-3-1-2-4-6(5)10-7/h5-6H,1-4H2,(H2,8,9). The second-order valence-electron chi connectivity index (χ2n) is 2.98. The van der Waals surface area contributed by atoms with Gasteiger partial charge >= 0.3 is 0 Å². The lowest BCUT2D eigenvalue weighted by Crippen LogP contribution is -2.26. The predicted molar refractivity (Wildman–Crippen MR) is 38.8 cm³/mol. The van der Waals surface area contributed by atoms with Crippen LogP contribution in [-0.2, 0) is 4.74 Å². The van der Waals surface area contributed by atoms with Crippen molar-refractivity contribution in [2.45, 2.75) is 37.8 Å². The van der Waals surface area contributed by atoms with E-state index < -0.39 is 0 Å². The summed E-state index contributed by atoms with van der Waals surface area (Å²) in [5.41, 5.74) is 5.42. The highest BCUT2D eigenvalue weighted by Crippen LogP contribution is 2.27. The van der Waals surface area contributed by atoms with Gasteiger partial charge in [0.05, 0.1) is 6.04 Å². The second-order valence-corrected chi connectivity index (χ2v) is 2.98. The number of fused-ring (bicyclic) bond motifs is 1. The lowest BCUT2D eigenvalue weighted by atomic mass is 9.94. The smallest absolute Gasteiger partial charge is 0.282 e. The molecule has 2 atom stereocenters. The molecule has 56 valence electrons. The van der Waals surface area contributed by atoms with Crippen molar-refractivity contribution in [3.63, 3.8) is 0 Å². The van der Waals surface area contributed by atoms with Gasteiger partial charge in [-0.15, -0.1) is 0 Å². The molecule has 1 aliphatic heterocycles. The van der Waals surface area contributed by atoms with Crippen LogP contribution in [0.5, 0.6) is 0 Å². The van der Waals surface area contributed by atoms with Crippen LogP contribution in [0.3, 0.4) is 0 Å². The van der Waals surface area contributed by atoms with Gasteiger partial charge in [-0.2, -0.15) is 0 Å². The van der Waals surface area contributed by atoms with Gasteiger partial charge in [-0.05, 0) is 19.3 Å². The first-order valence-electron chi connectivity index (χ1n) is 3.86. The van der Waals surface area contributed by atoms with Crippen molar-refractivity contribution in [3.05, 3.63) is 0 Å². The van der Waals surface area contributed by atoms with E-state index in [0.29, 0.717) is 18.2 Å². The van der Waals surface area contributed by atoms with Gasteiger partial charge in [0.2, 0.25) is 0 Å². The molecule has 1 fully saturated rings. The average Bonchev–Trinajstić information content (AvgIpc) is 2.27. The largest absolute Gasteiger partial charge is 0.460 e. The number of hydrogen-bond donors (Lipinski definition) is 1. The van der Waals surface area contributed by atoms with Crippen LogP contribution in [-0.4, -0.2) is 18.2 Å². The van der Waals surface area contributed by atoms with Crippen molar-refractivity contribution in [2.75, 3.05) is 0 Å². The number of aliphatic imine (C=N–C) groups is 1. The summed E-state index contributed by atoms with van der Waals surface area (Å²) >= 11 is 0. The number of hydrogen-bond acceptors (Lipinski definition) is 3. The molecule has 0 radical (unpaired) electrons. The maximum absolute atomic E-state index is 5.42. The van der Waals surface area contributed by atoms with E-state index >= 15 is 0 Å². The molecular weight excluding hydrogens is 128 g/mol. The highest BCUT2D eigenvalue weighted by atomic mass is 16.5. The Morgan fingerprint density at radius 2 is 2.20 bits per heavy atom. The van der Waals surface area contributed by atoms with Gasteiger partial charge < -0.3 is 10.5 Å². The van der Waals surface area contributed by atoms with Crippen molar-refractivity contribution in [1.29, 1.82) is 0 Å². The zero-order chi connectivity index (χ0) is 6.97. The molecule has 0 spiro atoms. The zero-order valence-electron chi connectivity index (χ0n) is 5.92. The molecule has 0 saturated heterocycles. The third-order valence-electron chi connectivity index (χ3n) is 2.23. The molecule has 2 rings (SSSR count). The molecule has 0 amide bonds. The summed E-state index contributed by atoms with van der Waals surface area (Å²) in [6.07, 6.45) is 5.15. The number of rotatable bonds is 0. The number of amidine groups is 1. The molecule has 0 aromatic rings. The van der Waals surface area contributed by atoms with Crippen molar-refractivity contribution >= 4 is 6.02 Å². The van der Waals surface area contributed by atoms with E-state index in [2.05, 4.69) is 4.99 Å². The van der Waals surface area contributed by atoms with Crippen LogP contribution < -0.4 is 5.73 Å². The maximum atomic E-state index is 5.42. The topological polar surface area (TPSA) is 47.6 Å². The third kappa shape index (κ3) is 0.856. The zero-order valence-corrected chi connectivity index (χ0v) is 5.92. The van der Waals surface area contributed by atoms with Crippen molar-refractivity contribution in [1.82, 2.24) is 0 Å². The van der Waals surface area contributed by atoms with E-state index in [9.17, 15) is 0 Å². The van der Waals surface area contributed by atoms with E-state index in [1.165, 1.54) is 12.8 Å². The molecule has 3 nitrogen and oxygen atoms in total. The Kier molecular flexibility index (Phi) is 1.29. The molecule has 2 unspecified atom stereocenters. The lowest BCUT2D eigenvalue weighted by molar-refractivity contribution is 0.151. The van der Waals surface area contributed by atoms with E-state index in [1.54, 1.807) is 0 Å². The van der Waals surface area contributed by atoms with Gasteiger partial charge in [-0.3, -0.25) is 0 Å². The van der Waals surface area contributed by atoms with Crippen LogP contribution in [0.2, 0.25) is 0 Å². The second kappa shape index (κ2) is 2.15. The minimum absolute atomic E-state index is 0.314. The molecule has 2 aliphatic rings. The first-order valence-corrected chi connectivity index (χ1v) is 3.86. The first kappa shape index (κ1) is 6.01. The van der Waals surface area contributed by atoms with Gasteiger partial charge in [0.1, 0.15) is 6.10 Å². The van der Waals surface area contributed by atoms with Crippen molar-refractivity contribution < 1.29 is 4.74 Å². The Balaban J connectivity index is 2.06. The van der Waals surface area contributed by atoms with Crippen LogP contribution in [0, 0.1) is 0 Å². The third-order valence-corrected chi connectivity index (χ3v) is 2.23. The monoisotopic (exact) mass is 140 g/mol. The van der Waals surface area contributed by atoms with Gasteiger partial charge in [0.15, 0.2) is 0 Å². The molecule has 3 heteroatoms. The summed E-state index contributed by atoms with van der Waals surface area (Å²) in [4.78, 5) is 4.18. The minimum Gasteiger partial charge on any atom is -0.460 e. The van der Waals surface area contributed by atoms with Crippen LogP contribution in [0.15, 0.2) is 4.99 Å². The number of ether oxygens (including phenoxy) is 1. The molecule has 1 saturated carbocycles. The minimum atomic E-state index is 0.314. The summed E-state index contributed by atoms with van der Waals surface area (Å²) in [7, 11) is 0. The van der Waals surface area contributed by atoms with E-state index in [0.717, 1.165) is 12.8 Å². The molecule has 10 heavy (non-hydrogen) atoms. The lowest BCUT2D eigenvalue weighted by Gasteiger charge is -2.21. The maximum Gasteiger partial charge on any atom is 0.282 e. The van der Waals surface area contributed by atoms with Gasteiger partial charge in [0.25, 0.3) is 6.02 Å². The summed E-state index contributed by atoms with van der Waals surface area (Å²) in [5.74, 6) is 0. The van der Waals surface area contributed by atoms with E-state index in [4.69, 9.17) is 10.5 Å². The summed E-state index contributed by atoms with van der Waals surface area (Å²) in [5, 5.41) is 0. The Labute approximate surface area is 60.3 Å². The average molecular weight is 140 g/mol. The fourth-order valence-electron chi connectivity index (χ4n) is 1.71. The molecule has 1 heterocycles. The molecule has 0 aromatic carbocycles. The number of nitrogens with two attached hydrogens (primary N) is 1. The molecule has 0 bridgehead atoms. The highest BCUT2D eigenvalue weighted by Gasteiger charge is 2.31. The van der Waals surface area contributed by atoms with Crippen LogP contribution >= 0.6 is 0 Å². The Bertz CT molecular complexity index is 167. The summed E-state index contributed by atoms with van der Waals surface area (Å²) in [6, 6.07) is 0.783. The van der Waals surface area contributed by atoms with E-state index in [-0.39, 0.29) is 0 Å². The van der Waals surface area contributed by atoms with Gasteiger partial charge in [-0.1, -0.05) is 6.42 Å². The summed E-state index contributed by atoms with van der Waals surface area (Å²) in [6.45, 7) is 0. The fraction of sp³-hybridized carbons (Fsp3) is 0.857. The van der Waals surface area contributed by atoms with Crippen LogP contribution in [0.4, 0.5) is 0 Å². The van der Waals surface area contributed by atoms with Crippen LogP contribution in [0.1, 0.15) is 25.7 Å². The Morgan fingerprint density at radius 3 is 3.00 bits per heavy atom. The van der Waals surface area contributed by atoms with Gasteiger partial charge in [0, 0.05) is 0 Å². The fourth-order valence-corrected chi connectivity index (χ4v) is 1.71. The molecule has 0 aromatic heterocycles. The quantitative estimate of drug-likeness (QED) is 0.536.